The molecule has 2 aromatic carbocycles. The fourth-order valence-electron chi connectivity index (χ4n) is 2.75. The Kier molecular flexibility index (Phi) is 7.41. The van der Waals surface area contributed by atoms with E-state index in [1.165, 1.54) is 5.56 Å². The summed E-state index contributed by atoms with van der Waals surface area (Å²) in [7, 11) is 1.60. The molecule has 5 nitrogen and oxygen atoms in total. The van der Waals surface area contributed by atoms with Crippen molar-refractivity contribution in [1.29, 1.82) is 0 Å². The molecule has 1 atom stereocenters. The van der Waals surface area contributed by atoms with Gasteiger partial charge in [0.1, 0.15) is 5.75 Å². The van der Waals surface area contributed by atoms with E-state index in [2.05, 4.69) is 24.5 Å². The number of amides is 2. The average molecular weight is 368 g/mol. The third kappa shape index (κ3) is 6.77. The molecular formula is C22H28N2O3. The molecule has 0 heterocycles. The highest BCUT2D eigenvalue weighted by Crippen LogP contribution is 2.19. The smallest absolute Gasteiger partial charge is 0.224 e. The van der Waals surface area contributed by atoms with Gasteiger partial charge in [0.15, 0.2) is 0 Å². The van der Waals surface area contributed by atoms with Gasteiger partial charge in [-0.1, -0.05) is 32.9 Å². The van der Waals surface area contributed by atoms with Crippen molar-refractivity contribution in [2.75, 3.05) is 17.7 Å². The van der Waals surface area contributed by atoms with E-state index >= 15 is 0 Å². The average Bonchev–Trinajstić information content (AvgIpc) is 2.62. The van der Waals surface area contributed by atoms with Crippen molar-refractivity contribution in [3.05, 3.63) is 54.1 Å². The zero-order valence-corrected chi connectivity index (χ0v) is 16.4. The first-order chi connectivity index (χ1) is 12.9. The molecule has 0 fully saturated rings. The van der Waals surface area contributed by atoms with E-state index in [-0.39, 0.29) is 24.2 Å². The van der Waals surface area contributed by atoms with E-state index in [0.29, 0.717) is 18.0 Å². The molecule has 27 heavy (non-hydrogen) atoms. The second-order valence-corrected chi connectivity index (χ2v) is 7.11. The van der Waals surface area contributed by atoms with E-state index < -0.39 is 0 Å². The van der Waals surface area contributed by atoms with Crippen LogP contribution in [0, 0.1) is 5.92 Å². The van der Waals surface area contributed by atoms with Crippen LogP contribution in [0.1, 0.15) is 45.1 Å². The summed E-state index contributed by atoms with van der Waals surface area (Å²) in [6.45, 7) is 6.16. The predicted molar refractivity (Wildman–Crippen MR) is 109 cm³/mol. The lowest BCUT2D eigenvalue weighted by atomic mass is 10.0. The van der Waals surface area contributed by atoms with Crippen LogP contribution in [0.15, 0.2) is 48.5 Å². The maximum absolute atomic E-state index is 12.2. The van der Waals surface area contributed by atoms with Crippen molar-refractivity contribution >= 4 is 23.2 Å². The standard InChI is InChI=1S/C22H28N2O3/c1-15(2)17-5-7-18(8-6-17)23-21(25)13-16(3)14-22(26)24-19-9-11-20(27-4)12-10-19/h5-12,15-16H,13-14H2,1-4H3,(H,23,25)(H,24,26)/t16-/m0/s1. The molecule has 0 aromatic heterocycles. The first-order valence-corrected chi connectivity index (χ1v) is 9.21. The second kappa shape index (κ2) is 9.76. The van der Waals surface area contributed by atoms with Crippen LogP contribution in [0.3, 0.4) is 0 Å². The highest BCUT2D eigenvalue weighted by Gasteiger charge is 2.14. The SMILES string of the molecule is COc1ccc(NC(=O)C[C@@H](C)CC(=O)Nc2ccc(C(C)C)cc2)cc1. The quantitative estimate of drug-likeness (QED) is 0.702. The molecule has 0 saturated heterocycles. The molecule has 0 aliphatic rings. The third-order valence-corrected chi connectivity index (χ3v) is 4.30. The van der Waals surface area contributed by atoms with Crippen LogP contribution in [0.25, 0.3) is 0 Å². The van der Waals surface area contributed by atoms with Gasteiger partial charge in [0.05, 0.1) is 7.11 Å². The molecule has 5 heteroatoms. The lowest BCUT2D eigenvalue weighted by Gasteiger charge is -2.13. The molecule has 0 unspecified atom stereocenters. The molecule has 0 aliphatic carbocycles. The van der Waals surface area contributed by atoms with Crippen molar-refractivity contribution in [3.63, 3.8) is 0 Å². The van der Waals surface area contributed by atoms with Crippen LogP contribution in [-0.4, -0.2) is 18.9 Å². The number of ether oxygens (including phenoxy) is 1. The minimum absolute atomic E-state index is 0.0572. The van der Waals surface area contributed by atoms with Gasteiger partial charge in [0.25, 0.3) is 0 Å². The molecular weight excluding hydrogens is 340 g/mol. The number of benzene rings is 2. The molecule has 0 saturated carbocycles. The summed E-state index contributed by atoms with van der Waals surface area (Å²) in [5, 5.41) is 5.73. The van der Waals surface area contributed by atoms with Crippen LogP contribution in [0.2, 0.25) is 0 Å². The van der Waals surface area contributed by atoms with Crippen LogP contribution < -0.4 is 15.4 Å². The Morgan fingerprint density at radius 2 is 1.26 bits per heavy atom. The summed E-state index contributed by atoms with van der Waals surface area (Å²) in [5.74, 6) is 0.940. The summed E-state index contributed by atoms with van der Waals surface area (Å²) in [5.41, 5.74) is 2.72. The Morgan fingerprint density at radius 3 is 1.67 bits per heavy atom. The van der Waals surface area contributed by atoms with Crippen LogP contribution in [-0.2, 0) is 9.59 Å². The van der Waals surface area contributed by atoms with Crippen molar-refractivity contribution in [2.45, 2.75) is 39.5 Å². The van der Waals surface area contributed by atoms with Gasteiger partial charge in [0.2, 0.25) is 11.8 Å². The molecule has 0 aliphatic heterocycles. The lowest BCUT2D eigenvalue weighted by molar-refractivity contribution is -0.118. The van der Waals surface area contributed by atoms with Crippen LogP contribution in [0.4, 0.5) is 11.4 Å². The van der Waals surface area contributed by atoms with Crippen molar-refractivity contribution in [3.8, 4) is 5.75 Å². The largest absolute Gasteiger partial charge is 0.497 e. The summed E-state index contributed by atoms with van der Waals surface area (Å²) in [4.78, 5) is 24.3. The number of rotatable bonds is 8. The van der Waals surface area contributed by atoms with Gasteiger partial charge < -0.3 is 15.4 Å². The summed E-state index contributed by atoms with van der Waals surface area (Å²) in [6.07, 6.45) is 0.577. The van der Waals surface area contributed by atoms with Crippen molar-refractivity contribution in [2.24, 2.45) is 5.92 Å². The summed E-state index contributed by atoms with van der Waals surface area (Å²) >= 11 is 0. The van der Waals surface area contributed by atoms with E-state index in [4.69, 9.17) is 4.74 Å². The summed E-state index contributed by atoms with van der Waals surface area (Å²) < 4.78 is 5.09. The molecule has 2 amide bonds. The topological polar surface area (TPSA) is 67.4 Å². The van der Waals surface area contributed by atoms with Gasteiger partial charge in [-0.2, -0.15) is 0 Å². The number of anilines is 2. The molecule has 0 bridgehead atoms. The fourth-order valence-corrected chi connectivity index (χ4v) is 2.75. The number of carbonyl (C=O) groups excluding carboxylic acids is 2. The highest BCUT2D eigenvalue weighted by molar-refractivity contribution is 5.93. The monoisotopic (exact) mass is 368 g/mol. The fraction of sp³-hybridized carbons (Fsp3) is 0.364. The molecule has 2 aromatic rings. The zero-order chi connectivity index (χ0) is 19.8. The third-order valence-electron chi connectivity index (χ3n) is 4.30. The molecule has 0 spiro atoms. The Labute approximate surface area is 161 Å². The first kappa shape index (κ1) is 20.5. The van der Waals surface area contributed by atoms with Gasteiger partial charge in [-0.15, -0.1) is 0 Å². The Hall–Kier alpha value is -2.82. The molecule has 0 radical (unpaired) electrons. The number of methoxy groups -OCH3 is 1. The number of hydrogen-bond acceptors (Lipinski definition) is 3. The zero-order valence-electron chi connectivity index (χ0n) is 16.4. The second-order valence-electron chi connectivity index (χ2n) is 7.11. The van der Waals surface area contributed by atoms with Gasteiger partial charge in [-0.05, 0) is 53.8 Å². The van der Waals surface area contributed by atoms with Gasteiger partial charge >= 0.3 is 0 Å². The molecule has 144 valence electrons. The van der Waals surface area contributed by atoms with Crippen LogP contribution in [0.5, 0.6) is 5.75 Å². The number of carbonyl (C=O) groups is 2. The van der Waals surface area contributed by atoms with Crippen molar-refractivity contribution in [1.82, 2.24) is 0 Å². The number of hydrogen-bond donors (Lipinski definition) is 2. The highest BCUT2D eigenvalue weighted by atomic mass is 16.5. The van der Waals surface area contributed by atoms with E-state index in [0.717, 1.165) is 11.4 Å². The number of nitrogens with one attached hydrogen (secondary N) is 2. The minimum Gasteiger partial charge on any atom is -0.497 e. The van der Waals surface area contributed by atoms with Gasteiger partial charge in [-0.25, -0.2) is 0 Å². The maximum atomic E-state index is 12.2. The predicted octanol–water partition coefficient (Wildman–Crippen LogP) is 4.81. The van der Waals surface area contributed by atoms with E-state index in [9.17, 15) is 9.59 Å². The van der Waals surface area contributed by atoms with Crippen molar-refractivity contribution < 1.29 is 14.3 Å². The van der Waals surface area contributed by atoms with Crippen LogP contribution >= 0.6 is 0 Å². The van der Waals surface area contributed by atoms with E-state index in [1.54, 1.807) is 31.4 Å². The maximum Gasteiger partial charge on any atom is 0.224 e. The molecule has 2 N–H and O–H groups in total. The van der Waals surface area contributed by atoms with Gasteiger partial charge in [0, 0.05) is 24.2 Å². The first-order valence-electron chi connectivity index (χ1n) is 9.21. The lowest BCUT2D eigenvalue weighted by Crippen LogP contribution is -2.20. The molecule has 2 rings (SSSR count). The Bertz CT molecular complexity index is 752. The van der Waals surface area contributed by atoms with Gasteiger partial charge in [-0.3, -0.25) is 9.59 Å². The Balaban J connectivity index is 1.78. The Morgan fingerprint density at radius 1 is 0.815 bits per heavy atom. The van der Waals surface area contributed by atoms with E-state index in [1.807, 2.05) is 31.2 Å². The summed E-state index contributed by atoms with van der Waals surface area (Å²) in [6, 6.07) is 15.0. The normalized spacial score (nSPS) is 11.7. The minimum atomic E-state index is -0.109.